The number of thiophene rings is 1. The SMILES string of the molecule is CCOC(=O)C1=C(CN(C)Cc2ccccc2C)NC(=O)NC1c1cccs1. The van der Waals surface area contributed by atoms with Gasteiger partial charge in [0, 0.05) is 23.7 Å². The van der Waals surface area contributed by atoms with Crippen LogP contribution < -0.4 is 10.6 Å². The first kappa shape index (κ1) is 20.1. The minimum atomic E-state index is -0.505. The van der Waals surface area contributed by atoms with E-state index in [1.807, 2.05) is 36.7 Å². The molecule has 0 aliphatic carbocycles. The fourth-order valence-electron chi connectivity index (χ4n) is 3.27. The van der Waals surface area contributed by atoms with Gasteiger partial charge >= 0.3 is 12.0 Å². The second-order valence-corrected chi connectivity index (χ2v) is 7.74. The van der Waals surface area contributed by atoms with Crippen molar-refractivity contribution in [3.63, 3.8) is 0 Å². The van der Waals surface area contributed by atoms with Crippen molar-refractivity contribution in [2.75, 3.05) is 20.2 Å². The first-order chi connectivity index (χ1) is 13.5. The van der Waals surface area contributed by atoms with Crippen LogP contribution in [0.4, 0.5) is 4.79 Å². The number of urea groups is 1. The van der Waals surface area contributed by atoms with E-state index < -0.39 is 12.0 Å². The van der Waals surface area contributed by atoms with E-state index in [-0.39, 0.29) is 12.6 Å². The highest BCUT2D eigenvalue weighted by Crippen LogP contribution is 2.31. The van der Waals surface area contributed by atoms with Crippen LogP contribution in [-0.2, 0) is 16.1 Å². The molecule has 148 valence electrons. The maximum Gasteiger partial charge on any atom is 0.338 e. The summed E-state index contributed by atoms with van der Waals surface area (Å²) in [5.41, 5.74) is 3.45. The van der Waals surface area contributed by atoms with Gasteiger partial charge in [-0.1, -0.05) is 30.3 Å². The summed E-state index contributed by atoms with van der Waals surface area (Å²) in [6, 6.07) is 11.2. The molecule has 1 unspecified atom stereocenters. The number of likely N-dealkylation sites (N-methyl/N-ethyl adjacent to an activating group) is 1. The highest BCUT2D eigenvalue weighted by molar-refractivity contribution is 7.10. The second kappa shape index (κ2) is 9.03. The summed E-state index contributed by atoms with van der Waals surface area (Å²) >= 11 is 1.50. The summed E-state index contributed by atoms with van der Waals surface area (Å²) in [6.45, 7) is 5.26. The van der Waals surface area contributed by atoms with Crippen LogP contribution in [0.15, 0.2) is 53.0 Å². The Labute approximate surface area is 169 Å². The number of amides is 2. The van der Waals surface area contributed by atoms with Gasteiger partial charge in [-0.2, -0.15) is 0 Å². The molecule has 0 bridgehead atoms. The highest BCUT2D eigenvalue weighted by Gasteiger charge is 2.34. The molecule has 2 heterocycles. The van der Waals surface area contributed by atoms with Crippen LogP contribution in [0.2, 0.25) is 0 Å². The Balaban J connectivity index is 1.90. The molecule has 7 heteroatoms. The standard InChI is InChI=1S/C21H25N3O3S/c1-4-27-20(25)18-16(13-24(3)12-15-9-6-5-8-14(15)2)22-21(26)23-19(18)17-10-7-11-28-17/h5-11,19H,4,12-13H2,1-3H3,(H2,22,23,26). The summed E-state index contributed by atoms with van der Waals surface area (Å²) < 4.78 is 5.29. The third-order valence-electron chi connectivity index (χ3n) is 4.61. The van der Waals surface area contributed by atoms with Gasteiger partial charge in [0.05, 0.1) is 18.2 Å². The van der Waals surface area contributed by atoms with Crippen molar-refractivity contribution in [1.29, 1.82) is 0 Å². The van der Waals surface area contributed by atoms with Crippen LogP contribution in [0.3, 0.4) is 0 Å². The number of carbonyl (C=O) groups excluding carboxylic acids is 2. The maximum absolute atomic E-state index is 12.7. The number of benzene rings is 1. The Bertz CT molecular complexity index is 877. The molecule has 3 rings (SSSR count). The third-order valence-corrected chi connectivity index (χ3v) is 5.54. The molecule has 1 atom stereocenters. The molecule has 1 aromatic heterocycles. The van der Waals surface area contributed by atoms with Crippen LogP contribution in [0.5, 0.6) is 0 Å². The van der Waals surface area contributed by atoms with Crippen molar-refractivity contribution in [3.05, 3.63) is 69.1 Å². The van der Waals surface area contributed by atoms with Gasteiger partial charge in [0.2, 0.25) is 0 Å². The predicted octanol–water partition coefficient (Wildman–Crippen LogP) is 3.36. The lowest BCUT2D eigenvalue weighted by molar-refractivity contribution is -0.139. The van der Waals surface area contributed by atoms with E-state index in [9.17, 15) is 9.59 Å². The smallest absolute Gasteiger partial charge is 0.338 e. The van der Waals surface area contributed by atoms with E-state index in [4.69, 9.17) is 4.74 Å². The molecule has 1 aliphatic rings. The zero-order valence-electron chi connectivity index (χ0n) is 16.3. The molecule has 0 saturated carbocycles. The lowest BCUT2D eigenvalue weighted by atomic mass is 10.0. The minimum Gasteiger partial charge on any atom is -0.463 e. The number of aryl methyl sites for hydroxylation is 1. The number of nitrogens with zero attached hydrogens (tertiary/aromatic N) is 1. The lowest BCUT2D eigenvalue weighted by Gasteiger charge is -2.30. The molecule has 2 aromatic rings. The Morgan fingerprint density at radius 2 is 2.00 bits per heavy atom. The molecule has 1 aliphatic heterocycles. The average Bonchev–Trinajstić information content (AvgIpc) is 3.18. The number of ether oxygens (including phenoxy) is 1. The molecule has 0 spiro atoms. The Kier molecular flexibility index (Phi) is 6.49. The summed E-state index contributed by atoms with van der Waals surface area (Å²) in [6.07, 6.45) is 0. The zero-order chi connectivity index (χ0) is 20.1. The van der Waals surface area contributed by atoms with Crippen molar-refractivity contribution in [2.45, 2.75) is 26.4 Å². The van der Waals surface area contributed by atoms with Crippen LogP contribution in [0.1, 0.15) is 29.0 Å². The molecule has 0 radical (unpaired) electrons. The van der Waals surface area contributed by atoms with Crippen molar-refractivity contribution in [2.24, 2.45) is 0 Å². The summed E-state index contributed by atoms with van der Waals surface area (Å²) in [5.74, 6) is -0.410. The normalized spacial score (nSPS) is 16.7. The van der Waals surface area contributed by atoms with E-state index in [1.165, 1.54) is 22.5 Å². The molecule has 0 fully saturated rings. The zero-order valence-corrected chi connectivity index (χ0v) is 17.1. The van der Waals surface area contributed by atoms with Gasteiger partial charge in [-0.25, -0.2) is 9.59 Å². The first-order valence-electron chi connectivity index (χ1n) is 9.23. The summed E-state index contributed by atoms with van der Waals surface area (Å²) in [4.78, 5) is 28.0. The quantitative estimate of drug-likeness (QED) is 0.701. The van der Waals surface area contributed by atoms with Crippen molar-refractivity contribution < 1.29 is 14.3 Å². The second-order valence-electron chi connectivity index (χ2n) is 6.76. The molecule has 0 saturated heterocycles. The Morgan fingerprint density at radius 3 is 2.68 bits per heavy atom. The maximum atomic E-state index is 12.7. The Hall–Kier alpha value is -2.64. The lowest BCUT2D eigenvalue weighted by Crippen LogP contribution is -2.48. The highest BCUT2D eigenvalue weighted by atomic mass is 32.1. The van der Waals surface area contributed by atoms with E-state index in [0.717, 1.165) is 4.88 Å². The number of esters is 1. The van der Waals surface area contributed by atoms with Crippen molar-refractivity contribution in [3.8, 4) is 0 Å². The molecular formula is C21H25N3O3S. The number of rotatable bonds is 7. The number of hydrogen-bond acceptors (Lipinski definition) is 5. The van der Waals surface area contributed by atoms with Gasteiger partial charge in [0.25, 0.3) is 0 Å². The fourth-order valence-corrected chi connectivity index (χ4v) is 4.05. The van der Waals surface area contributed by atoms with Crippen LogP contribution in [-0.4, -0.2) is 37.1 Å². The Morgan fingerprint density at radius 1 is 1.21 bits per heavy atom. The summed E-state index contributed by atoms with van der Waals surface area (Å²) in [7, 11) is 1.97. The number of nitrogens with one attached hydrogen (secondary N) is 2. The third kappa shape index (κ3) is 4.61. The van der Waals surface area contributed by atoms with Gasteiger partial charge < -0.3 is 15.4 Å². The number of hydrogen-bond donors (Lipinski definition) is 2. The van der Waals surface area contributed by atoms with Crippen LogP contribution in [0.25, 0.3) is 0 Å². The average molecular weight is 400 g/mol. The monoisotopic (exact) mass is 399 g/mol. The minimum absolute atomic E-state index is 0.278. The molecular weight excluding hydrogens is 374 g/mol. The van der Waals surface area contributed by atoms with E-state index in [0.29, 0.717) is 24.4 Å². The van der Waals surface area contributed by atoms with E-state index in [2.05, 4.69) is 34.6 Å². The molecule has 1 aromatic carbocycles. The van der Waals surface area contributed by atoms with Gasteiger partial charge in [-0.3, -0.25) is 4.90 Å². The van der Waals surface area contributed by atoms with E-state index >= 15 is 0 Å². The molecule has 2 N–H and O–H groups in total. The topological polar surface area (TPSA) is 70.7 Å². The fraction of sp³-hybridized carbons (Fsp3) is 0.333. The largest absolute Gasteiger partial charge is 0.463 e. The van der Waals surface area contributed by atoms with Gasteiger partial charge in [0.15, 0.2) is 0 Å². The van der Waals surface area contributed by atoms with Gasteiger partial charge in [0.1, 0.15) is 0 Å². The summed E-state index contributed by atoms with van der Waals surface area (Å²) in [5, 5.41) is 7.60. The van der Waals surface area contributed by atoms with Crippen LogP contribution in [0, 0.1) is 6.92 Å². The van der Waals surface area contributed by atoms with Crippen LogP contribution >= 0.6 is 11.3 Å². The molecule has 6 nitrogen and oxygen atoms in total. The van der Waals surface area contributed by atoms with Crippen molar-refractivity contribution in [1.82, 2.24) is 15.5 Å². The molecule has 2 amide bonds. The first-order valence-corrected chi connectivity index (χ1v) is 10.1. The van der Waals surface area contributed by atoms with Gasteiger partial charge in [-0.05, 0) is 43.5 Å². The predicted molar refractivity (Wildman–Crippen MR) is 110 cm³/mol. The van der Waals surface area contributed by atoms with Gasteiger partial charge in [-0.15, -0.1) is 11.3 Å². The molecule has 28 heavy (non-hydrogen) atoms. The van der Waals surface area contributed by atoms with Crippen molar-refractivity contribution >= 4 is 23.3 Å². The number of carbonyl (C=O) groups is 2. The van der Waals surface area contributed by atoms with E-state index in [1.54, 1.807) is 6.92 Å².